The zero-order chi connectivity index (χ0) is 18.4. The van der Waals surface area contributed by atoms with Crippen molar-refractivity contribution in [2.75, 3.05) is 13.7 Å². The highest BCUT2D eigenvalue weighted by Gasteiger charge is 2.08. The summed E-state index contributed by atoms with van der Waals surface area (Å²) in [4.78, 5) is 16.6. The van der Waals surface area contributed by atoms with E-state index in [9.17, 15) is 4.79 Å². The van der Waals surface area contributed by atoms with E-state index in [2.05, 4.69) is 51.7 Å². The van der Waals surface area contributed by atoms with Crippen LogP contribution in [0.4, 0.5) is 0 Å². The van der Waals surface area contributed by atoms with Gasteiger partial charge in [0.05, 0.1) is 7.11 Å². The minimum Gasteiger partial charge on any atom is -0.497 e. The highest BCUT2D eigenvalue weighted by molar-refractivity contribution is 5.94. The summed E-state index contributed by atoms with van der Waals surface area (Å²) in [5.74, 6) is 2.03. The fourth-order valence-corrected chi connectivity index (χ4v) is 2.58. The Kier molecular flexibility index (Phi) is 5.63. The van der Waals surface area contributed by atoms with Crippen LogP contribution in [-0.4, -0.2) is 34.7 Å². The Balaban J connectivity index is 1.50. The summed E-state index contributed by atoms with van der Waals surface area (Å²) in [6.07, 6.45) is 1.28. The van der Waals surface area contributed by atoms with Crippen LogP contribution in [0.25, 0.3) is 0 Å². The number of aryl methyl sites for hydroxylation is 1. The van der Waals surface area contributed by atoms with Crippen LogP contribution in [0, 0.1) is 6.92 Å². The maximum absolute atomic E-state index is 12.2. The number of nitrogens with zero attached hydrogens (tertiary/aromatic N) is 2. The molecule has 0 aliphatic heterocycles. The number of ether oxygens (including phenoxy) is 1. The molecule has 0 saturated carbocycles. The number of amides is 1. The van der Waals surface area contributed by atoms with Gasteiger partial charge in [-0.05, 0) is 30.7 Å². The number of methoxy groups -OCH3 is 1. The van der Waals surface area contributed by atoms with Crippen molar-refractivity contribution in [2.45, 2.75) is 19.8 Å². The number of hydrogen-bond donors (Lipinski definition) is 2. The van der Waals surface area contributed by atoms with Crippen LogP contribution in [0.3, 0.4) is 0 Å². The first-order valence-corrected chi connectivity index (χ1v) is 8.52. The Bertz CT molecular complexity index is 872. The van der Waals surface area contributed by atoms with Crippen molar-refractivity contribution in [3.05, 3.63) is 76.9 Å². The molecule has 0 unspecified atom stereocenters. The van der Waals surface area contributed by atoms with E-state index < -0.39 is 0 Å². The van der Waals surface area contributed by atoms with Gasteiger partial charge in [-0.3, -0.25) is 9.89 Å². The second kappa shape index (κ2) is 8.29. The standard InChI is InChI=1S/C20H22N4O2/c1-14-6-8-15(9-7-14)12-19-22-18(23-24-19)10-11-21-20(25)16-4-3-5-17(13-16)26-2/h3-9,13H,10-12H2,1-2H3,(H,21,25)(H,22,23,24). The molecule has 3 rings (SSSR count). The number of nitrogens with one attached hydrogen (secondary N) is 2. The molecular formula is C20H22N4O2. The van der Waals surface area contributed by atoms with E-state index in [0.29, 0.717) is 36.5 Å². The lowest BCUT2D eigenvalue weighted by atomic mass is 10.1. The fraction of sp³-hybridized carbons (Fsp3) is 0.250. The van der Waals surface area contributed by atoms with Crippen LogP contribution in [-0.2, 0) is 12.8 Å². The first kappa shape index (κ1) is 17.7. The number of rotatable bonds is 7. The van der Waals surface area contributed by atoms with Crippen LogP contribution >= 0.6 is 0 Å². The number of carbonyl (C=O) groups is 1. The largest absolute Gasteiger partial charge is 0.497 e. The summed E-state index contributed by atoms with van der Waals surface area (Å²) in [5, 5.41) is 10.1. The van der Waals surface area contributed by atoms with Crippen molar-refractivity contribution in [1.29, 1.82) is 0 Å². The monoisotopic (exact) mass is 350 g/mol. The normalized spacial score (nSPS) is 10.5. The molecule has 0 aliphatic rings. The molecule has 0 saturated heterocycles. The predicted molar refractivity (Wildman–Crippen MR) is 99.4 cm³/mol. The third-order valence-electron chi connectivity index (χ3n) is 4.04. The Morgan fingerprint density at radius 2 is 2.00 bits per heavy atom. The third-order valence-corrected chi connectivity index (χ3v) is 4.04. The molecule has 0 atom stereocenters. The molecular weight excluding hydrogens is 328 g/mol. The highest BCUT2D eigenvalue weighted by atomic mass is 16.5. The molecule has 1 aromatic heterocycles. The second-order valence-corrected chi connectivity index (χ2v) is 6.10. The zero-order valence-corrected chi connectivity index (χ0v) is 15.0. The summed E-state index contributed by atoms with van der Waals surface area (Å²) in [5.41, 5.74) is 2.99. The molecule has 6 heteroatoms. The van der Waals surface area contributed by atoms with Gasteiger partial charge in [0.15, 0.2) is 5.82 Å². The Morgan fingerprint density at radius 1 is 1.19 bits per heavy atom. The second-order valence-electron chi connectivity index (χ2n) is 6.10. The fourth-order valence-electron chi connectivity index (χ4n) is 2.58. The lowest BCUT2D eigenvalue weighted by Crippen LogP contribution is -2.25. The van der Waals surface area contributed by atoms with Gasteiger partial charge in [0.2, 0.25) is 0 Å². The molecule has 2 N–H and O–H groups in total. The van der Waals surface area contributed by atoms with Gasteiger partial charge in [-0.1, -0.05) is 35.9 Å². The van der Waals surface area contributed by atoms with Crippen LogP contribution in [0.2, 0.25) is 0 Å². The first-order valence-electron chi connectivity index (χ1n) is 8.52. The molecule has 134 valence electrons. The maximum atomic E-state index is 12.2. The number of aromatic nitrogens is 3. The van der Waals surface area contributed by atoms with Crippen molar-refractivity contribution < 1.29 is 9.53 Å². The van der Waals surface area contributed by atoms with Crippen molar-refractivity contribution in [3.8, 4) is 5.75 Å². The number of benzene rings is 2. The Morgan fingerprint density at radius 3 is 2.77 bits per heavy atom. The van der Waals surface area contributed by atoms with E-state index in [4.69, 9.17) is 4.74 Å². The van der Waals surface area contributed by atoms with Gasteiger partial charge in [0, 0.05) is 24.9 Å². The van der Waals surface area contributed by atoms with E-state index in [1.165, 1.54) is 11.1 Å². The third kappa shape index (κ3) is 4.69. The molecule has 0 radical (unpaired) electrons. The highest BCUT2D eigenvalue weighted by Crippen LogP contribution is 2.12. The molecule has 0 fully saturated rings. The van der Waals surface area contributed by atoms with Gasteiger partial charge in [-0.15, -0.1) is 0 Å². The molecule has 1 heterocycles. The van der Waals surface area contributed by atoms with Crippen LogP contribution in [0.1, 0.15) is 33.1 Å². The molecule has 2 aromatic carbocycles. The quantitative estimate of drug-likeness (QED) is 0.687. The van der Waals surface area contributed by atoms with Crippen LogP contribution in [0.15, 0.2) is 48.5 Å². The van der Waals surface area contributed by atoms with Gasteiger partial charge in [-0.2, -0.15) is 5.10 Å². The summed E-state index contributed by atoms with van der Waals surface area (Å²) >= 11 is 0. The van der Waals surface area contributed by atoms with Crippen molar-refractivity contribution in [3.63, 3.8) is 0 Å². The van der Waals surface area contributed by atoms with Gasteiger partial charge >= 0.3 is 0 Å². The van der Waals surface area contributed by atoms with Crippen molar-refractivity contribution in [1.82, 2.24) is 20.5 Å². The lowest BCUT2D eigenvalue weighted by Gasteiger charge is -2.05. The topological polar surface area (TPSA) is 79.9 Å². The number of carbonyl (C=O) groups excluding carboxylic acids is 1. The van der Waals surface area contributed by atoms with E-state index in [1.54, 1.807) is 31.4 Å². The van der Waals surface area contributed by atoms with E-state index in [-0.39, 0.29) is 5.91 Å². The van der Waals surface area contributed by atoms with Gasteiger partial charge in [-0.25, -0.2) is 4.98 Å². The van der Waals surface area contributed by atoms with Gasteiger partial charge < -0.3 is 10.1 Å². The minimum atomic E-state index is -0.140. The predicted octanol–water partition coefficient (Wildman–Crippen LogP) is 2.69. The van der Waals surface area contributed by atoms with Gasteiger partial charge in [0.25, 0.3) is 5.91 Å². The maximum Gasteiger partial charge on any atom is 0.251 e. The summed E-state index contributed by atoms with van der Waals surface area (Å²) in [7, 11) is 1.58. The molecule has 0 bridgehead atoms. The molecule has 6 nitrogen and oxygen atoms in total. The Hall–Kier alpha value is -3.15. The van der Waals surface area contributed by atoms with Crippen LogP contribution in [0.5, 0.6) is 5.75 Å². The molecule has 3 aromatic rings. The van der Waals surface area contributed by atoms with Crippen molar-refractivity contribution in [2.24, 2.45) is 0 Å². The molecule has 1 amide bonds. The average molecular weight is 350 g/mol. The van der Waals surface area contributed by atoms with E-state index >= 15 is 0 Å². The molecule has 26 heavy (non-hydrogen) atoms. The average Bonchev–Trinajstić information content (AvgIpc) is 3.11. The number of aromatic amines is 1. The molecule has 0 spiro atoms. The SMILES string of the molecule is COc1cccc(C(=O)NCCc2n[nH]c(Cc3ccc(C)cc3)n2)c1. The summed E-state index contributed by atoms with van der Waals surface area (Å²) in [6.45, 7) is 2.54. The lowest BCUT2D eigenvalue weighted by molar-refractivity contribution is 0.0953. The van der Waals surface area contributed by atoms with E-state index in [0.717, 1.165) is 5.82 Å². The van der Waals surface area contributed by atoms with Crippen LogP contribution < -0.4 is 10.1 Å². The van der Waals surface area contributed by atoms with Gasteiger partial charge in [0.1, 0.15) is 11.6 Å². The number of hydrogen-bond acceptors (Lipinski definition) is 4. The Labute approximate surface area is 152 Å². The molecule has 0 aliphatic carbocycles. The summed E-state index contributed by atoms with van der Waals surface area (Å²) in [6, 6.07) is 15.4. The number of H-pyrrole nitrogens is 1. The van der Waals surface area contributed by atoms with E-state index in [1.807, 2.05) is 0 Å². The summed E-state index contributed by atoms with van der Waals surface area (Å²) < 4.78 is 5.13. The smallest absolute Gasteiger partial charge is 0.251 e. The minimum absolute atomic E-state index is 0.140. The zero-order valence-electron chi connectivity index (χ0n) is 15.0. The first-order chi connectivity index (χ1) is 12.6. The van der Waals surface area contributed by atoms with Crippen molar-refractivity contribution >= 4 is 5.91 Å².